The SMILES string of the molecule is COC(O)[C@H](c1ccccc1Cl)N1CCC2SC(=O)C=C2C1. The van der Waals surface area contributed by atoms with Gasteiger partial charge in [-0.05, 0) is 29.7 Å². The molecule has 3 rings (SSSR count). The van der Waals surface area contributed by atoms with Crippen LogP contribution in [0, 0.1) is 0 Å². The van der Waals surface area contributed by atoms with Crippen LogP contribution >= 0.6 is 23.4 Å². The number of nitrogens with zero attached hydrogens (tertiary/aromatic N) is 1. The number of benzene rings is 1. The van der Waals surface area contributed by atoms with Crippen LogP contribution in [-0.2, 0) is 9.53 Å². The van der Waals surface area contributed by atoms with Gasteiger partial charge in [0.2, 0.25) is 5.12 Å². The molecule has 4 nitrogen and oxygen atoms in total. The highest BCUT2D eigenvalue weighted by atomic mass is 35.5. The minimum Gasteiger partial charge on any atom is -0.366 e. The Balaban J connectivity index is 1.89. The quantitative estimate of drug-likeness (QED) is 0.855. The van der Waals surface area contributed by atoms with Gasteiger partial charge in [-0.25, -0.2) is 0 Å². The number of piperidine rings is 1. The average molecular weight is 340 g/mol. The number of hydrogen-bond acceptors (Lipinski definition) is 5. The molecule has 2 aliphatic heterocycles. The van der Waals surface area contributed by atoms with Crippen LogP contribution < -0.4 is 0 Å². The highest BCUT2D eigenvalue weighted by Crippen LogP contribution is 2.39. The molecule has 0 spiro atoms. The zero-order valence-corrected chi connectivity index (χ0v) is 13.8. The van der Waals surface area contributed by atoms with Crippen LogP contribution in [0.3, 0.4) is 0 Å². The predicted octanol–water partition coefficient (Wildman–Crippen LogP) is 2.62. The number of rotatable bonds is 4. The van der Waals surface area contributed by atoms with E-state index in [0.717, 1.165) is 24.1 Å². The second kappa shape index (κ2) is 6.72. The van der Waals surface area contributed by atoms with E-state index < -0.39 is 6.29 Å². The number of halogens is 1. The summed E-state index contributed by atoms with van der Waals surface area (Å²) >= 11 is 7.71. The van der Waals surface area contributed by atoms with E-state index in [1.807, 2.05) is 24.3 Å². The van der Waals surface area contributed by atoms with Crippen molar-refractivity contribution >= 4 is 28.5 Å². The van der Waals surface area contributed by atoms with Gasteiger partial charge in [0.05, 0.1) is 6.04 Å². The number of aliphatic hydroxyl groups is 1. The number of hydrogen-bond donors (Lipinski definition) is 1. The number of thioether (sulfide) groups is 1. The molecular weight excluding hydrogens is 322 g/mol. The minimum atomic E-state index is -0.971. The number of ether oxygens (including phenoxy) is 1. The third kappa shape index (κ3) is 3.09. The van der Waals surface area contributed by atoms with Crippen molar-refractivity contribution in [3.8, 4) is 0 Å². The van der Waals surface area contributed by atoms with E-state index in [4.69, 9.17) is 16.3 Å². The number of methoxy groups -OCH3 is 1. The summed E-state index contributed by atoms with van der Waals surface area (Å²) in [4.78, 5) is 13.7. The summed E-state index contributed by atoms with van der Waals surface area (Å²) in [5.74, 6) is 0. The van der Waals surface area contributed by atoms with Crippen LogP contribution in [0.5, 0.6) is 0 Å². The Morgan fingerprint density at radius 3 is 2.95 bits per heavy atom. The molecular formula is C16H18ClNO3S. The molecule has 0 aromatic heterocycles. The molecule has 2 unspecified atom stereocenters. The lowest BCUT2D eigenvalue weighted by Gasteiger charge is -2.39. The number of carbonyl (C=O) groups is 1. The summed E-state index contributed by atoms with van der Waals surface area (Å²) in [6.07, 6.45) is 1.64. The summed E-state index contributed by atoms with van der Waals surface area (Å²) in [6, 6.07) is 7.14. The highest BCUT2D eigenvalue weighted by molar-refractivity contribution is 8.15. The van der Waals surface area contributed by atoms with Crippen molar-refractivity contribution in [3.63, 3.8) is 0 Å². The first-order valence-corrected chi connectivity index (χ1v) is 8.46. The zero-order chi connectivity index (χ0) is 15.7. The molecule has 1 fully saturated rings. The number of carbonyl (C=O) groups excluding carboxylic acids is 1. The molecule has 2 heterocycles. The molecule has 22 heavy (non-hydrogen) atoms. The number of fused-ring (bicyclic) bond motifs is 1. The molecule has 0 bridgehead atoms. The Labute approximate surface area is 139 Å². The number of likely N-dealkylation sites (tertiary alicyclic amines) is 1. The monoisotopic (exact) mass is 339 g/mol. The first kappa shape index (κ1) is 16.0. The van der Waals surface area contributed by atoms with Gasteiger partial charge < -0.3 is 9.84 Å². The van der Waals surface area contributed by atoms with Gasteiger partial charge in [0.1, 0.15) is 0 Å². The Kier molecular flexibility index (Phi) is 4.90. The molecule has 3 atom stereocenters. The van der Waals surface area contributed by atoms with Crippen molar-refractivity contribution in [1.82, 2.24) is 4.90 Å². The lowest BCUT2D eigenvalue weighted by atomic mass is 9.98. The molecule has 0 aliphatic carbocycles. The van der Waals surface area contributed by atoms with Crippen molar-refractivity contribution in [2.75, 3.05) is 20.2 Å². The third-order valence-electron chi connectivity index (χ3n) is 4.17. The van der Waals surface area contributed by atoms with Gasteiger partial charge in [-0.1, -0.05) is 41.6 Å². The molecule has 0 saturated carbocycles. The van der Waals surface area contributed by atoms with Crippen LogP contribution in [0.25, 0.3) is 0 Å². The largest absolute Gasteiger partial charge is 0.366 e. The van der Waals surface area contributed by atoms with E-state index in [1.165, 1.54) is 18.9 Å². The average Bonchev–Trinajstić information content (AvgIpc) is 2.88. The van der Waals surface area contributed by atoms with Gasteiger partial charge in [-0.15, -0.1) is 0 Å². The van der Waals surface area contributed by atoms with Crippen LogP contribution in [0.1, 0.15) is 18.0 Å². The Morgan fingerprint density at radius 2 is 2.23 bits per heavy atom. The van der Waals surface area contributed by atoms with E-state index in [9.17, 15) is 9.90 Å². The molecule has 0 amide bonds. The van der Waals surface area contributed by atoms with E-state index >= 15 is 0 Å². The fourth-order valence-corrected chi connectivity index (χ4v) is 4.36. The van der Waals surface area contributed by atoms with Crippen molar-refractivity contribution in [3.05, 3.63) is 46.5 Å². The Bertz CT molecular complexity index is 607. The van der Waals surface area contributed by atoms with E-state index in [-0.39, 0.29) is 16.4 Å². The van der Waals surface area contributed by atoms with Crippen molar-refractivity contribution in [2.45, 2.75) is 24.0 Å². The van der Waals surface area contributed by atoms with Crippen molar-refractivity contribution in [2.24, 2.45) is 0 Å². The van der Waals surface area contributed by atoms with Crippen LogP contribution in [-0.4, -0.2) is 46.9 Å². The summed E-state index contributed by atoms with van der Waals surface area (Å²) in [7, 11) is 1.48. The maximum absolute atomic E-state index is 11.6. The fraction of sp³-hybridized carbons (Fsp3) is 0.438. The van der Waals surface area contributed by atoms with E-state index in [1.54, 1.807) is 6.08 Å². The molecule has 1 saturated heterocycles. The third-order valence-corrected chi connectivity index (χ3v) is 5.69. The first-order valence-electron chi connectivity index (χ1n) is 7.20. The second-order valence-corrected chi connectivity index (χ2v) is 7.11. The van der Waals surface area contributed by atoms with E-state index in [0.29, 0.717) is 11.6 Å². The van der Waals surface area contributed by atoms with Crippen LogP contribution in [0.15, 0.2) is 35.9 Å². The first-order chi connectivity index (χ1) is 10.6. The lowest BCUT2D eigenvalue weighted by molar-refractivity contribution is -0.127. The highest BCUT2D eigenvalue weighted by Gasteiger charge is 2.37. The molecule has 2 aliphatic rings. The molecule has 1 N–H and O–H groups in total. The zero-order valence-electron chi connectivity index (χ0n) is 12.2. The van der Waals surface area contributed by atoms with Gasteiger partial charge in [-0.2, -0.15) is 0 Å². The summed E-state index contributed by atoms with van der Waals surface area (Å²) in [6.45, 7) is 1.44. The van der Waals surface area contributed by atoms with Gasteiger partial charge in [0.25, 0.3) is 0 Å². The molecule has 1 aromatic rings. The minimum absolute atomic E-state index is 0.128. The van der Waals surface area contributed by atoms with Crippen molar-refractivity contribution < 1.29 is 14.6 Å². The second-order valence-electron chi connectivity index (χ2n) is 5.50. The van der Waals surface area contributed by atoms with Gasteiger partial charge in [-0.3, -0.25) is 9.69 Å². The van der Waals surface area contributed by atoms with Gasteiger partial charge in [0, 0.05) is 30.5 Å². The molecule has 1 aromatic carbocycles. The maximum Gasteiger partial charge on any atom is 0.212 e. The normalized spacial score (nSPS) is 24.8. The molecule has 0 radical (unpaired) electrons. The molecule has 6 heteroatoms. The van der Waals surface area contributed by atoms with Crippen LogP contribution in [0.4, 0.5) is 0 Å². The Morgan fingerprint density at radius 1 is 1.45 bits per heavy atom. The number of aliphatic hydroxyl groups excluding tert-OH is 1. The van der Waals surface area contributed by atoms with Crippen LogP contribution in [0.2, 0.25) is 5.02 Å². The lowest BCUT2D eigenvalue weighted by Crippen LogP contribution is -2.43. The van der Waals surface area contributed by atoms with Crippen molar-refractivity contribution in [1.29, 1.82) is 0 Å². The maximum atomic E-state index is 11.6. The van der Waals surface area contributed by atoms with Gasteiger partial charge in [0.15, 0.2) is 6.29 Å². The van der Waals surface area contributed by atoms with E-state index in [2.05, 4.69) is 4.90 Å². The molecule has 118 valence electrons. The Hall–Kier alpha value is -0.850. The summed E-state index contributed by atoms with van der Waals surface area (Å²) in [5, 5.41) is 11.3. The smallest absolute Gasteiger partial charge is 0.212 e. The predicted molar refractivity (Wildman–Crippen MR) is 87.9 cm³/mol. The topological polar surface area (TPSA) is 49.8 Å². The summed E-state index contributed by atoms with van der Waals surface area (Å²) < 4.78 is 5.17. The summed E-state index contributed by atoms with van der Waals surface area (Å²) in [5.41, 5.74) is 1.97. The standard InChI is InChI=1S/C16H18ClNO3S/c1-21-16(20)15(11-4-2-3-5-12(11)17)18-7-6-13-10(9-18)8-14(19)22-13/h2-5,8,13,15-16,20H,6-7,9H2,1H3/t13?,15-,16?/m0/s1. The fourth-order valence-electron chi connectivity index (χ4n) is 3.09. The van der Waals surface area contributed by atoms with Gasteiger partial charge >= 0.3 is 0 Å².